The van der Waals surface area contributed by atoms with E-state index in [1.165, 1.54) is 0 Å². The van der Waals surface area contributed by atoms with Crippen LogP contribution in [0.4, 0.5) is 19.0 Å². The van der Waals surface area contributed by atoms with Gasteiger partial charge in [-0.1, -0.05) is 60.7 Å². The predicted molar refractivity (Wildman–Crippen MR) is 161 cm³/mol. The van der Waals surface area contributed by atoms with Gasteiger partial charge in [0, 0.05) is 19.2 Å². The van der Waals surface area contributed by atoms with Crippen molar-refractivity contribution in [2.24, 2.45) is 5.73 Å². The first kappa shape index (κ1) is 36.2. The molecule has 14 heteroatoms. The van der Waals surface area contributed by atoms with Gasteiger partial charge in [-0.05, 0) is 54.6 Å². The Labute approximate surface area is 258 Å². The normalized spacial score (nSPS) is 12.1. The van der Waals surface area contributed by atoms with Crippen LogP contribution in [0.5, 0.6) is 0 Å². The first-order valence-corrected chi connectivity index (χ1v) is 14.0. The van der Waals surface area contributed by atoms with Gasteiger partial charge in [-0.3, -0.25) is 14.4 Å². The van der Waals surface area contributed by atoms with Crippen molar-refractivity contribution in [3.8, 4) is 11.1 Å². The summed E-state index contributed by atoms with van der Waals surface area (Å²) in [4.78, 5) is 50.4. The van der Waals surface area contributed by atoms with Crippen molar-refractivity contribution >= 4 is 29.6 Å². The lowest BCUT2D eigenvalue weighted by atomic mass is 9.98. The Hall–Kier alpha value is -4.98. The first-order chi connectivity index (χ1) is 21.4. The number of pyridine rings is 1. The van der Waals surface area contributed by atoms with Crippen molar-refractivity contribution in [2.75, 3.05) is 18.4 Å². The SMILES string of the molecule is NCCC[C@H](NC(=O)CCCNc1ccccn1)C(=O)NC(CC(=O)O)c1ccc(-c2ccccc2)cc1.O=C(O)C(F)(F)F. The molecule has 1 unspecified atom stereocenters. The van der Waals surface area contributed by atoms with Crippen LogP contribution in [0, 0.1) is 0 Å². The van der Waals surface area contributed by atoms with Crippen LogP contribution in [-0.4, -0.2) is 64.3 Å². The molecular weight excluding hydrogens is 595 g/mol. The van der Waals surface area contributed by atoms with Crippen LogP contribution in [0.3, 0.4) is 0 Å². The molecule has 1 heterocycles. The Morgan fingerprint density at radius 2 is 1.47 bits per heavy atom. The molecule has 2 aromatic carbocycles. The maximum absolute atomic E-state index is 13.2. The molecule has 3 aromatic rings. The van der Waals surface area contributed by atoms with Gasteiger partial charge < -0.3 is 31.9 Å². The van der Waals surface area contributed by atoms with Gasteiger partial charge in [0.25, 0.3) is 0 Å². The average Bonchev–Trinajstić information content (AvgIpc) is 3.01. The Morgan fingerprint density at radius 1 is 0.844 bits per heavy atom. The van der Waals surface area contributed by atoms with Gasteiger partial charge in [0.1, 0.15) is 11.9 Å². The number of nitrogens with zero attached hydrogens (tertiary/aromatic N) is 1. The molecule has 242 valence electrons. The van der Waals surface area contributed by atoms with E-state index in [1.54, 1.807) is 6.20 Å². The van der Waals surface area contributed by atoms with Crippen LogP contribution in [-0.2, 0) is 19.2 Å². The average molecular weight is 632 g/mol. The first-order valence-electron chi connectivity index (χ1n) is 14.0. The van der Waals surface area contributed by atoms with Crippen molar-refractivity contribution < 1.29 is 42.6 Å². The van der Waals surface area contributed by atoms with Crippen LogP contribution in [0.1, 0.15) is 43.7 Å². The van der Waals surface area contributed by atoms with Gasteiger partial charge in [-0.15, -0.1) is 0 Å². The molecule has 3 rings (SSSR count). The highest BCUT2D eigenvalue weighted by molar-refractivity contribution is 5.88. The van der Waals surface area contributed by atoms with Crippen molar-refractivity contribution in [3.63, 3.8) is 0 Å². The number of carboxylic acids is 2. The maximum Gasteiger partial charge on any atom is 0.490 e. The largest absolute Gasteiger partial charge is 0.490 e. The predicted octanol–water partition coefficient (Wildman–Crippen LogP) is 4.13. The molecular formula is C31H36F3N5O6. The molecule has 1 aromatic heterocycles. The molecule has 2 amide bonds. The minimum absolute atomic E-state index is 0.228. The highest BCUT2D eigenvalue weighted by Gasteiger charge is 2.38. The molecule has 11 nitrogen and oxygen atoms in total. The van der Waals surface area contributed by atoms with Gasteiger partial charge in [-0.2, -0.15) is 13.2 Å². The number of carbonyl (C=O) groups is 4. The van der Waals surface area contributed by atoms with Gasteiger partial charge in [0.2, 0.25) is 11.8 Å². The number of alkyl halides is 3. The summed E-state index contributed by atoms with van der Waals surface area (Å²) in [6.45, 7) is 0.927. The third-order valence-electron chi connectivity index (χ3n) is 6.26. The second-order valence-corrected chi connectivity index (χ2v) is 9.75. The number of rotatable bonds is 15. The Morgan fingerprint density at radius 3 is 2.02 bits per heavy atom. The number of carboxylic acid groups (broad SMARTS) is 2. The number of nitrogens with one attached hydrogen (secondary N) is 3. The van der Waals surface area contributed by atoms with E-state index in [9.17, 15) is 32.7 Å². The van der Waals surface area contributed by atoms with Crippen LogP contribution >= 0.6 is 0 Å². The lowest BCUT2D eigenvalue weighted by Gasteiger charge is -2.23. The number of nitrogens with two attached hydrogens (primary N) is 1. The van der Waals surface area contributed by atoms with E-state index in [-0.39, 0.29) is 18.7 Å². The molecule has 0 fully saturated rings. The van der Waals surface area contributed by atoms with Crippen LogP contribution < -0.4 is 21.7 Å². The number of amides is 2. The Kier molecular flexibility index (Phi) is 15.0. The Balaban J connectivity index is 0.000000900. The smallest absolute Gasteiger partial charge is 0.481 e. The highest BCUT2D eigenvalue weighted by Crippen LogP contribution is 2.24. The summed E-state index contributed by atoms with van der Waals surface area (Å²) in [6.07, 6.45) is -2.01. The summed E-state index contributed by atoms with van der Waals surface area (Å²) in [5.74, 6) is -3.75. The molecule has 0 aliphatic heterocycles. The number of aliphatic carboxylic acids is 2. The molecule has 0 saturated heterocycles. The summed E-state index contributed by atoms with van der Waals surface area (Å²) >= 11 is 0. The topological polar surface area (TPSA) is 184 Å². The summed E-state index contributed by atoms with van der Waals surface area (Å²) in [7, 11) is 0. The van der Waals surface area contributed by atoms with Crippen molar-refractivity contribution in [1.29, 1.82) is 0 Å². The second kappa shape index (κ2) is 18.6. The molecule has 2 atom stereocenters. The summed E-state index contributed by atoms with van der Waals surface area (Å²) in [6, 6.07) is 21.2. The van der Waals surface area contributed by atoms with Crippen LogP contribution in [0.15, 0.2) is 79.0 Å². The number of carbonyl (C=O) groups excluding carboxylic acids is 2. The molecule has 45 heavy (non-hydrogen) atoms. The fraction of sp³-hybridized carbons (Fsp3) is 0.323. The van der Waals surface area contributed by atoms with Crippen LogP contribution in [0.2, 0.25) is 0 Å². The molecule has 0 bridgehead atoms. The van der Waals surface area contributed by atoms with Crippen molar-refractivity contribution in [3.05, 3.63) is 84.6 Å². The fourth-order valence-electron chi connectivity index (χ4n) is 4.03. The van der Waals surface area contributed by atoms with E-state index in [2.05, 4.69) is 20.9 Å². The standard InChI is InChI=1S/C29H35N5O4.C2HF3O2/c30-17-6-10-24(33-27(35)12-7-19-32-26-11-4-5-18-31-26)29(38)34-25(20-28(36)37)23-15-13-22(14-16-23)21-8-2-1-3-9-21;3-2(4,5)1(6)7/h1-5,8-9,11,13-16,18,24-25H,6-7,10,12,17,19-20,30H2,(H,31,32)(H,33,35)(H,34,38)(H,36,37);(H,6,7)/t24-,25?;/m0./s1. The lowest BCUT2D eigenvalue weighted by Crippen LogP contribution is -2.48. The quantitative estimate of drug-likeness (QED) is 0.134. The lowest BCUT2D eigenvalue weighted by molar-refractivity contribution is -0.192. The minimum Gasteiger partial charge on any atom is -0.481 e. The Bertz CT molecular complexity index is 1360. The number of anilines is 1. The van der Waals surface area contributed by atoms with Crippen molar-refractivity contribution in [1.82, 2.24) is 15.6 Å². The minimum atomic E-state index is -5.08. The zero-order chi connectivity index (χ0) is 33.2. The zero-order valence-corrected chi connectivity index (χ0v) is 24.3. The highest BCUT2D eigenvalue weighted by atomic mass is 19.4. The number of aromatic nitrogens is 1. The molecule has 0 spiro atoms. The fourth-order valence-corrected chi connectivity index (χ4v) is 4.03. The van der Waals surface area contributed by atoms with Gasteiger partial charge >= 0.3 is 18.1 Å². The monoisotopic (exact) mass is 631 g/mol. The van der Waals surface area contributed by atoms with Crippen molar-refractivity contribution in [2.45, 2.75) is 50.4 Å². The number of benzene rings is 2. The molecule has 0 aliphatic carbocycles. The molecule has 7 N–H and O–H groups in total. The van der Waals surface area contributed by atoms with Gasteiger partial charge in [0.05, 0.1) is 12.5 Å². The van der Waals surface area contributed by atoms with Gasteiger partial charge in [0.15, 0.2) is 0 Å². The van der Waals surface area contributed by atoms with E-state index in [4.69, 9.17) is 15.6 Å². The third kappa shape index (κ3) is 13.9. The van der Waals surface area contributed by atoms with E-state index >= 15 is 0 Å². The number of halogens is 3. The zero-order valence-electron chi connectivity index (χ0n) is 24.3. The van der Waals surface area contributed by atoms with E-state index in [1.807, 2.05) is 72.8 Å². The summed E-state index contributed by atoms with van der Waals surface area (Å²) in [5.41, 5.74) is 8.34. The van der Waals surface area contributed by atoms with Crippen LogP contribution in [0.25, 0.3) is 11.1 Å². The van der Waals surface area contributed by atoms with Gasteiger partial charge in [-0.25, -0.2) is 9.78 Å². The molecule has 0 saturated carbocycles. The number of hydrogen-bond acceptors (Lipinski definition) is 7. The van der Waals surface area contributed by atoms with E-state index in [0.29, 0.717) is 37.9 Å². The molecule has 0 radical (unpaired) electrons. The second-order valence-electron chi connectivity index (χ2n) is 9.75. The number of hydrogen-bond donors (Lipinski definition) is 6. The maximum atomic E-state index is 13.2. The van der Waals surface area contributed by atoms with E-state index < -0.39 is 36.1 Å². The summed E-state index contributed by atoms with van der Waals surface area (Å²) in [5, 5.41) is 25.4. The molecule has 0 aliphatic rings. The third-order valence-corrected chi connectivity index (χ3v) is 6.26. The van der Waals surface area contributed by atoms with E-state index in [0.717, 1.165) is 16.9 Å². The summed E-state index contributed by atoms with van der Waals surface area (Å²) < 4.78 is 31.7.